The molecule has 0 radical (unpaired) electrons. The van der Waals surface area contributed by atoms with Crippen molar-refractivity contribution in [3.05, 3.63) is 30.4 Å². The molecule has 22 heavy (non-hydrogen) atoms. The highest BCUT2D eigenvalue weighted by atomic mass is 16.5. The predicted molar refractivity (Wildman–Crippen MR) is 76.6 cm³/mol. The van der Waals surface area contributed by atoms with E-state index in [1.165, 1.54) is 0 Å². The second kappa shape index (κ2) is 6.63. The monoisotopic (exact) mass is 303 g/mol. The van der Waals surface area contributed by atoms with Crippen molar-refractivity contribution >= 4 is 5.91 Å². The lowest BCUT2D eigenvalue weighted by Gasteiger charge is -2.29. The van der Waals surface area contributed by atoms with Crippen molar-refractivity contribution in [2.24, 2.45) is 0 Å². The Morgan fingerprint density at radius 1 is 1.45 bits per heavy atom. The van der Waals surface area contributed by atoms with Gasteiger partial charge in [-0.2, -0.15) is 4.98 Å². The maximum atomic E-state index is 12.1. The summed E-state index contributed by atoms with van der Waals surface area (Å²) in [7, 11) is 0. The number of nitrogens with zero attached hydrogens (tertiary/aromatic N) is 3. The standard InChI is InChI=1S/C14H17N5O3/c1-9-12(16-6-7-21-9)14(20)17-8-11-18-13(19-22-11)10-2-4-15-5-3-10/h2-5,9,12,16H,6-8H2,1H3,(H,17,20)/t9-,12+/m1/s1. The molecule has 8 nitrogen and oxygen atoms in total. The molecule has 1 saturated heterocycles. The molecule has 0 spiro atoms. The van der Waals surface area contributed by atoms with Gasteiger partial charge in [0.2, 0.25) is 17.6 Å². The molecule has 0 saturated carbocycles. The van der Waals surface area contributed by atoms with Crippen LogP contribution in [0.4, 0.5) is 0 Å². The number of ether oxygens (including phenoxy) is 1. The van der Waals surface area contributed by atoms with Gasteiger partial charge in [0, 0.05) is 24.5 Å². The van der Waals surface area contributed by atoms with Crippen LogP contribution in [0.1, 0.15) is 12.8 Å². The van der Waals surface area contributed by atoms with Crippen molar-refractivity contribution in [1.82, 2.24) is 25.8 Å². The molecule has 116 valence electrons. The Morgan fingerprint density at radius 2 is 2.27 bits per heavy atom. The molecule has 0 aliphatic carbocycles. The highest BCUT2D eigenvalue weighted by molar-refractivity contribution is 5.82. The number of nitrogens with one attached hydrogen (secondary N) is 2. The summed E-state index contributed by atoms with van der Waals surface area (Å²) in [6.07, 6.45) is 3.15. The summed E-state index contributed by atoms with van der Waals surface area (Å²) in [5.41, 5.74) is 0.812. The van der Waals surface area contributed by atoms with Crippen molar-refractivity contribution in [1.29, 1.82) is 0 Å². The molecular formula is C14H17N5O3. The molecule has 3 heterocycles. The fourth-order valence-corrected chi connectivity index (χ4v) is 2.24. The van der Waals surface area contributed by atoms with Crippen LogP contribution in [0.3, 0.4) is 0 Å². The van der Waals surface area contributed by atoms with Crippen LogP contribution in [0.2, 0.25) is 0 Å². The van der Waals surface area contributed by atoms with Crippen molar-refractivity contribution in [3.63, 3.8) is 0 Å². The summed E-state index contributed by atoms with van der Waals surface area (Å²) in [5.74, 6) is 0.680. The Bertz CT molecular complexity index is 630. The zero-order valence-corrected chi connectivity index (χ0v) is 12.2. The van der Waals surface area contributed by atoms with E-state index in [4.69, 9.17) is 9.26 Å². The summed E-state index contributed by atoms with van der Waals surface area (Å²) in [6.45, 7) is 3.32. The third kappa shape index (κ3) is 3.29. The van der Waals surface area contributed by atoms with Crippen molar-refractivity contribution in [2.45, 2.75) is 25.6 Å². The first-order chi connectivity index (χ1) is 10.7. The Labute approximate surface area is 127 Å². The summed E-state index contributed by atoms with van der Waals surface area (Å²) >= 11 is 0. The number of carbonyl (C=O) groups is 1. The normalized spacial score (nSPS) is 21.5. The number of amides is 1. The third-order valence-corrected chi connectivity index (χ3v) is 3.42. The zero-order valence-electron chi connectivity index (χ0n) is 12.2. The quantitative estimate of drug-likeness (QED) is 0.827. The molecule has 2 aromatic rings. The van der Waals surface area contributed by atoms with E-state index in [9.17, 15) is 4.79 Å². The first-order valence-electron chi connectivity index (χ1n) is 7.10. The molecule has 1 aliphatic heterocycles. The Kier molecular flexibility index (Phi) is 4.40. The van der Waals surface area contributed by atoms with E-state index in [1.807, 2.05) is 6.92 Å². The number of carbonyl (C=O) groups excluding carboxylic acids is 1. The van der Waals surface area contributed by atoms with Crippen LogP contribution < -0.4 is 10.6 Å². The minimum absolute atomic E-state index is 0.143. The van der Waals surface area contributed by atoms with E-state index >= 15 is 0 Å². The summed E-state index contributed by atoms with van der Waals surface area (Å²) in [5, 5.41) is 9.79. The second-order valence-electron chi connectivity index (χ2n) is 4.97. The van der Waals surface area contributed by atoms with Crippen molar-refractivity contribution in [3.8, 4) is 11.4 Å². The minimum Gasteiger partial charge on any atom is -0.375 e. The minimum atomic E-state index is -0.365. The largest absolute Gasteiger partial charge is 0.375 e. The van der Waals surface area contributed by atoms with Crippen LogP contribution in [0, 0.1) is 0 Å². The van der Waals surface area contributed by atoms with Gasteiger partial charge in [-0.15, -0.1) is 0 Å². The molecule has 0 bridgehead atoms. The highest BCUT2D eigenvalue weighted by Gasteiger charge is 2.28. The predicted octanol–water partition coefficient (Wildman–Crippen LogP) is 0.125. The van der Waals surface area contributed by atoms with Gasteiger partial charge in [0.25, 0.3) is 0 Å². The van der Waals surface area contributed by atoms with Crippen LogP contribution in [0.25, 0.3) is 11.4 Å². The first-order valence-corrected chi connectivity index (χ1v) is 7.10. The molecule has 1 amide bonds. The molecule has 1 fully saturated rings. The maximum Gasteiger partial charge on any atom is 0.246 e. The van der Waals surface area contributed by atoms with Gasteiger partial charge in [-0.05, 0) is 19.1 Å². The van der Waals surface area contributed by atoms with Crippen molar-refractivity contribution < 1.29 is 14.1 Å². The van der Waals surface area contributed by atoms with Gasteiger partial charge in [-0.3, -0.25) is 9.78 Å². The number of hydrogen-bond acceptors (Lipinski definition) is 7. The van der Waals surface area contributed by atoms with E-state index in [-0.39, 0.29) is 24.6 Å². The van der Waals surface area contributed by atoms with Crippen LogP contribution in [-0.4, -0.2) is 46.3 Å². The van der Waals surface area contributed by atoms with Gasteiger partial charge in [-0.1, -0.05) is 5.16 Å². The summed E-state index contributed by atoms with van der Waals surface area (Å²) in [4.78, 5) is 20.3. The first kappa shape index (κ1) is 14.6. The van der Waals surface area contributed by atoms with E-state index < -0.39 is 0 Å². The molecule has 1 aliphatic rings. The fourth-order valence-electron chi connectivity index (χ4n) is 2.24. The van der Waals surface area contributed by atoms with Gasteiger partial charge < -0.3 is 19.9 Å². The number of rotatable bonds is 4. The summed E-state index contributed by atoms with van der Waals surface area (Å²) in [6, 6.07) is 3.22. The third-order valence-electron chi connectivity index (χ3n) is 3.42. The molecule has 0 aromatic carbocycles. The van der Waals surface area contributed by atoms with Gasteiger partial charge in [0.15, 0.2) is 0 Å². The average Bonchev–Trinajstić information content (AvgIpc) is 3.03. The number of pyridine rings is 1. The molecule has 2 aromatic heterocycles. The second-order valence-corrected chi connectivity index (χ2v) is 4.97. The summed E-state index contributed by atoms with van der Waals surface area (Å²) < 4.78 is 10.6. The molecular weight excluding hydrogens is 286 g/mol. The molecule has 2 atom stereocenters. The fraction of sp³-hybridized carbons (Fsp3) is 0.429. The number of morpholine rings is 1. The lowest BCUT2D eigenvalue weighted by molar-refractivity contribution is -0.129. The Balaban J connectivity index is 1.58. The van der Waals surface area contributed by atoms with E-state index in [1.54, 1.807) is 24.5 Å². The Hall–Kier alpha value is -2.32. The average molecular weight is 303 g/mol. The molecule has 2 N–H and O–H groups in total. The SMILES string of the molecule is C[C@H]1OCCN[C@@H]1C(=O)NCc1nc(-c2ccncc2)no1. The highest BCUT2D eigenvalue weighted by Crippen LogP contribution is 2.13. The molecule has 8 heteroatoms. The van der Waals surface area contributed by atoms with Gasteiger partial charge >= 0.3 is 0 Å². The Morgan fingerprint density at radius 3 is 3.05 bits per heavy atom. The van der Waals surface area contributed by atoms with Gasteiger partial charge in [0.05, 0.1) is 19.3 Å². The lowest BCUT2D eigenvalue weighted by atomic mass is 10.1. The maximum absolute atomic E-state index is 12.1. The molecule has 0 unspecified atom stereocenters. The van der Waals surface area contributed by atoms with E-state index in [2.05, 4.69) is 25.8 Å². The van der Waals surface area contributed by atoms with Gasteiger partial charge in [-0.25, -0.2) is 0 Å². The lowest BCUT2D eigenvalue weighted by Crippen LogP contribution is -2.55. The smallest absolute Gasteiger partial charge is 0.246 e. The number of hydrogen-bond donors (Lipinski definition) is 2. The van der Waals surface area contributed by atoms with Crippen LogP contribution >= 0.6 is 0 Å². The van der Waals surface area contributed by atoms with Crippen molar-refractivity contribution in [2.75, 3.05) is 13.2 Å². The van der Waals surface area contributed by atoms with Crippen LogP contribution in [0.5, 0.6) is 0 Å². The van der Waals surface area contributed by atoms with Crippen LogP contribution in [0.15, 0.2) is 29.0 Å². The van der Waals surface area contributed by atoms with E-state index in [0.29, 0.717) is 24.9 Å². The van der Waals surface area contributed by atoms with E-state index in [0.717, 1.165) is 5.56 Å². The molecule has 3 rings (SSSR count). The zero-order chi connectivity index (χ0) is 15.4. The topological polar surface area (TPSA) is 102 Å². The van der Waals surface area contributed by atoms with Crippen LogP contribution in [-0.2, 0) is 16.1 Å². The number of aromatic nitrogens is 3. The van der Waals surface area contributed by atoms with Gasteiger partial charge in [0.1, 0.15) is 6.04 Å².